The average Bonchev–Trinajstić information content (AvgIpc) is 3.24. The lowest BCUT2D eigenvalue weighted by Gasteiger charge is -2.37. The number of thioether (sulfide) groups is 1. The molecule has 0 saturated carbocycles. The number of fused-ring (bicyclic) bond motifs is 1. The Hall–Kier alpha value is -4.06. The number of aromatic hydroxyl groups is 1. The normalized spacial score (nSPS) is 19.7. The molecule has 2 aliphatic rings. The van der Waals surface area contributed by atoms with Crippen LogP contribution < -0.4 is 26.0 Å². The molecular weight excluding hydrogens is 541 g/mol. The fourth-order valence-corrected chi connectivity index (χ4v) is 5.35. The molecule has 40 heavy (non-hydrogen) atoms. The van der Waals surface area contributed by atoms with Crippen LogP contribution in [0.15, 0.2) is 40.1 Å². The Bertz CT molecular complexity index is 1570. The molecule has 3 heterocycles. The highest BCUT2D eigenvalue weighted by Crippen LogP contribution is 2.43. The number of benzene rings is 2. The van der Waals surface area contributed by atoms with E-state index in [9.17, 15) is 28.7 Å². The van der Waals surface area contributed by atoms with Gasteiger partial charge >= 0.3 is 5.69 Å². The van der Waals surface area contributed by atoms with E-state index in [4.69, 9.17) is 9.47 Å². The third-order valence-corrected chi connectivity index (χ3v) is 8.00. The molecular formula is C28H30FN3O7S. The first-order valence-corrected chi connectivity index (χ1v) is 13.5. The number of phenolic OH excluding ortho intramolecular Hbond substituents is 1. The summed E-state index contributed by atoms with van der Waals surface area (Å²) in [7, 11) is 0. The van der Waals surface area contributed by atoms with Gasteiger partial charge in [0.25, 0.3) is 10.8 Å². The predicted octanol–water partition coefficient (Wildman–Crippen LogP) is 3.58. The highest BCUT2D eigenvalue weighted by Gasteiger charge is 2.35. The number of carbonyl (C=O) groups is 2. The van der Waals surface area contributed by atoms with Crippen LogP contribution in [-0.4, -0.2) is 43.7 Å². The van der Waals surface area contributed by atoms with Crippen LogP contribution >= 0.6 is 11.8 Å². The van der Waals surface area contributed by atoms with Gasteiger partial charge in [0.2, 0.25) is 11.7 Å². The van der Waals surface area contributed by atoms with Gasteiger partial charge in [-0.3, -0.25) is 24.7 Å². The maximum absolute atomic E-state index is 12.0. The second-order valence-electron chi connectivity index (χ2n) is 10.0. The number of phenols is 1. The highest BCUT2D eigenvalue weighted by atomic mass is 32.2. The minimum Gasteiger partial charge on any atom is -0.507 e. The number of H-pyrrole nitrogens is 2. The molecule has 1 saturated heterocycles. The number of ether oxygens (including phenoxy) is 2. The van der Waals surface area contributed by atoms with Gasteiger partial charge in [0.05, 0.1) is 5.25 Å². The second-order valence-corrected chi connectivity index (χ2v) is 11.2. The maximum Gasteiger partial charge on any atom is 0.325 e. The molecule has 12 heteroatoms. The number of imide groups is 1. The van der Waals surface area contributed by atoms with Gasteiger partial charge in [0.15, 0.2) is 0 Å². The minimum absolute atomic E-state index is 0.230. The van der Waals surface area contributed by atoms with E-state index in [1.54, 1.807) is 4.98 Å². The van der Waals surface area contributed by atoms with Crippen molar-refractivity contribution in [1.82, 2.24) is 15.3 Å². The van der Waals surface area contributed by atoms with E-state index < -0.39 is 22.7 Å². The van der Waals surface area contributed by atoms with E-state index in [-0.39, 0.29) is 16.4 Å². The number of rotatable bonds is 5. The summed E-state index contributed by atoms with van der Waals surface area (Å²) in [4.78, 5) is 47.1. The fraction of sp³-hybridized carbons (Fsp3) is 0.357. The second kappa shape index (κ2) is 11.6. The third-order valence-electron chi connectivity index (χ3n) is 7.02. The highest BCUT2D eigenvalue weighted by molar-refractivity contribution is 8.15. The van der Waals surface area contributed by atoms with Crippen LogP contribution in [0.5, 0.6) is 17.2 Å². The lowest BCUT2D eigenvalue weighted by Crippen LogP contribution is -2.42. The van der Waals surface area contributed by atoms with Crippen molar-refractivity contribution in [2.75, 3.05) is 6.61 Å². The molecule has 212 valence electrons. The molecule has 2 aliphatic heterocycles. The van der Waals surface area contributed by atoms with Crippen molar-refractivity contribution in [2.45, 2.75) is 57.8 Å². The molecule has 0 bridgehead atoms. The fourth-order valence-electron chi connectivity index (χ4n) is 4.49. The van der Waals surface area contributed by atoms with Gasteiger partial charge in [-0.05, 0) is 81.3 Å². The number of hydrogen-bond donors (Lipinski definition) is 4. The summed E-state index contributed by atoms with van der Waals surface area (Å²) >= 11 is 1.04. The largest absolute Gasteiger partial charge is 0.507 e. The molecule has 0 aliphatic carbocycles. The summed E-state index contributed by atoms with van der Waals surface area (Å²) in [5.41, 5.74) is 2.60. The first-order valence-electron chi connectivity index (χ1n) is 12.6. The molecule has 2 atom stereocenters. The molecule has 2 amide bonds. The molecule has 10 nitrogen and oxygen atoms in total. The van der Waals surface area contributed by atoms with Crippen molar-refractivity contribution in [3.8, 4) is 17.2 Å². The number of aromatic amines is 2. The molecule has 5 rings (SSSR count). The van der Waals surface area contributed by atoms with E-state index >= 15 is 0 Å². The number of carbonyl (C=O) groups excluding carboxylic acids is 2. The summed E-state index contributed by atoms with van der Waals surface area (Å²) in [5.74, 6) is 0.732. The summed E-state index contributed by atoms with van der Waals surface area (Å²) < 4.78 is 24.4. The van der Waals surface area contributed by atoms with E-state index in [1.165, 1.54) is 0 Å². The van der Waals surface area contributed by atoms with E-state index in [1.807, 2.05) is 56.9 Å². The maximum atomic E-state index is 12.0. The molecule has 1 fully saturated rings. The summed E-state index contributed by atoms with van der Waals surface area (Å²) in [6, 6.07) is 7.61. The van der Waals surface area contributed by atoms with Crippen molar-refractivity contribution in [2.24, 2.45) is 0 Å². The Morgan fingerprint density at radius 2 is 1.80 bits per heavy atom. The van der Waals surface area contributed by atoms with Crippen LogP contribution in [0.4, 0.5) is 9.18 Å². The third kappa shape index (κ3) is 6.39. The smallest absolute Gasteiger partial charge is 0.325 e. The summed E-state index contributed by atoms with van der Waals surface area (Å²) in [5, 5.41) is 12.0. The van der Waals surface area contributed by atoms with Gasteiger partial charge < -0.3 is 19.6 Å². The summed E-state index contributed by atoms with van der Waals surface area (Å²) in [6.45, 7) is 8.28. The molecule has 2 aromatic carbocycles. The molecule has 2 unspecified atom stereocenters. The van der Waals surface area contributed by atoms with Crippen molar-refractivity contribution in [3.63, 3.8) is 0 Å². The average molecular weight is 572 g/mol. The molecule has 3 aromatic rings. The Morgan fingerprint density at radius 1 is 1.10 bits per heavy atom. The van der Waals surface area contributed by atoms with Crippen LogP contribution in [0.2, 0.25) is 0 Å². The summed E-state index contributed by atoms with van der Waals surface area (Å²) in [6.07, 6.45) is 2.84. The van der Waals surface area contributed by atoms with Gasteiger partial charge in [-0.2, -0.15) is 4.39 Å². The Morgan fingerprint density at radius 3 is 2.40 bits per heavy atom. The monoisotopic (exact) mass is 571 g/mol. The number of amides is 2. The topological polar surface area (TPSA) is 151 Å². The van der Waals surface area contributed by atoms with Gasteiger partial charge in [-0.25, -0.2) is 4.79 Å². The van der Waals surface area contributed by atoms with E-state index in [0.717, 1.165) is 63.9 Å². The van der Waals surface area contributed by atoms with Crippen molar-refractivity contribution < 1.29 is 28.6 Å². The van der Waals surface area contributed by atoms with Gasteiger partial charge in [-0.1, -0.05) is 23.9 Å². The van der Waals surface area contributed by atoms with Crippen molar-refractivity contribution >= 4 is 22.9 Å². The van der Waals surface area contributed by atoms with E-state index in [2.05, 4.69) is 5.32 Å². The molecule has 1 aromatic heterocycles. The lowest BCUT2D eigenvalue weighted by molar-refractivity contribution is -0.118. The number of halogens is 1. The Kier molecular flexibility index (Phi) is 8.38. The van der Waals surface area contributed by atoms with Crippen LogP contribution in [0.25, 0.3) is 0 Å². The molecule has 4 N–H and O–H groups in total. The Balaban J connectivity index is 0.000000350. The zero-order valence-corrected chi connectivity index (χ0v) is 23.3. The van der Waals surface area contributed by atoms with E-state index in [0.29, 0.717) is 25.0 Å². The number of nitrogens with one attached hydrogen (secondary N) is 3. The van der Waals surface area contributed by atoms with Gasteiger partial charge in [-0.15, -0.1) is 0 Å². The van der Waals surface area contributed by atoms with Crippen LogP contribution in [-0.2, 0) is 17.6 Å². The van der Waals surface area contributed by atoms with Crippen molar-refractivity contribution in [3.05, 3.63) is 84.9 Å². The van der Waals surface area contributed by atoms with Crippen LogP contribution in [0, 0.1) is 26.6 Å². The SMILES string of the molecule is Cc1c(C)c2c(c(C)c1O)CCC(C)(COc1ccc(CC3SC(=O)NC3=O)cc1)O2.O=c1[nH]cc(F)c(=O)[nH]1. The Labute approximate surface area is 233 Å². The van der Waals surface area contributed by atoms with Crippen molar-refractivity contribution in [1.29, 1.82) is 0 Å². The molecule has 0 radical (unpaired) electrons. The first kappa shape index (κ1) is 28.9. The lowest BCUT2D eigenvalue weighted by atomic mass is 9.87. The molecule has 0 spiro atoms. The van der Waals surface area contributed by atoms with Crippen LogP contribution in [0.3, 0.4) is 0 Å². The van der Waals surface area contributed by atoms with Crippen LogP contribution in [0.1, 0.15) is 41.2 Å². The standard InChI is InChI=1S/C24H27NO5S.C4H3FN2O2/c1-13-14(2)21-18(15(3)20(13)26)9-10-24(4,30-21)12-29-17-7-5-16(6-8-17)11-19-22(27)25-23(28)31-19;5-2-1-6-4(9)7-3(2)8/h5-8,19,26H,9-12H2,1-4H3,(H,25,27,28);1H,(H2,6,7,8,9). The number of aromatic nitrogens is 2. The zero-order chi connectivity index (χ0) is 29.2. The van der Waals surface area contributed by atoms with Gasteiger partial charge in [0.1, 0.15) is 29.5 Å². The number of hydrogen-bond acceptors (Lipinski definition) is 8. The zero-order valence-electron chi connectivity index (χ0n) is 22.5. The minimum atomic E-state index is -1.00. The van der Waals surface area contributed by atoms with Gasteiger partial charge in [0, 0.05) is 11.8 Å². The quantitative estimate of drug-likeness (QED) is 0.363. The predicted molar refractivity (Wildman–Crippen MR) is 148 cm³/mol. The first-order chi connectivity index (χ1) is 18.9.